The highest BCUT2D eigenvalue weighted by atomic mass is 35.5. The number of thioether (sulfide) groups is 1. The number of aliphatic hydroxyl groups excluding tert-OH is 1. The number of hydrogen-bond acceptors (Lipinski definition) is 8. The van der Waals surface area contributed by atoms with Crippen LogP contribution in [0.1, 0.15) is 22.7 Å². The SMILES string of the molecule is O=C1C(=O)N(c2nnc(SCc3ccccc3Cl)s2)C(c2cccc(Oc3ccccc3)c2)/C1=C(/O)c1ccccc1. The van der Waals surface area contributed by atoms with Crippen molar-refractivity contribution in [2.24, 2.45) is 0 Å². The van der Waals surface area contributed by atoms with E-state index in [1.807, 2.05) is 54.6 Å². The number of amides is 1. The molecule has 1 atom stereocenters. The van der Waals surface area contributed by atoms with Crippen LogP contribution in [0, 0.1) is 0 Å². The Hall–Kier alpha value is -4.44. The van der Waals surface area contributed by atoms with Crippen molar-refractivity contribution in [2.45, 2.75) is 16.1 Å². The first-order valence-corrected chi connectivity index (χ1v) is 15.1. The number of aromatic nitrogens is 2. The number of para-hydroxylation sites is 1. The van der Waals surface area contributed by atoms with Gasteiger partial charge in [-0.05, 0) is 41.5 Å². The van der Waals surface area contributed by atoms with E-state index in [1.54, 1.807) is 54.6 Å². The van der Waals surface area contributed by atoms with Crippen LogP contribution in [0.4, 0.5) is 5.13 Å². The van der Waals surface area contributed by atoms with Gasteiger partial charge in [-0.3, -0.25) is 14.5 Å². The molecular formula is C32H22ClN3O4S2. The van der Waals surface area contributed by atoms with E-state index in [-0.39, 0.29) is 16.5 Å². The lowest BCUT2D eigenvalue weighted by molar-refractivity contribution is -0.132. The Kier molecular flexibility index (Phi) is 8.05. The van der Waals surface area contributed by atoms with Gasteiger partial charge in [0.25, 0.3) is 5.78 Å². The highest BCUT2D eigenvalue weighted by Gasteiger charge is 2.48. The predicted molar refractivity (Wildman–Crippen MR) is 165 cm³/mol. The molecule has 1 aliphatic heterocycles. The maximum Gasteiger partial charge on any atom is 0.301 e. The molecule has 0 spiro atoms. The number of rotatable bonds is 8. The Bertz CT molecular complexity index is 1790. The summed E-state index contributed by atoms with van der Waals surface area (Å²) in [6, 6.07) is 31.6. The second-order valence-corrected chi connectivity index (χ2v) is 11.8. The van der Waals surface area contributed by atoms with Crippen LogP contribution in [-0.4, -0.2) is 27.0 Å². The summed E-state index contributed by atoms with van der Waals surface area (Å²) in [7, 11) is 0. The topological polar surface area (TPSA) is 92.6 Å². The molecule has 208 valence electrons. The van der Waals surface area contributed by atoms with Crippen LogP contribution < -0.4 is 9.64 Å². The summed E-state index contributed by atoms with van der Waals surface area (Å²) in [6.45, 7) is 0. The van der Waals surface area contributed by atoms with Crippen molar-refractivity contribution < 1.29 is 19.4 Å². The summed E-state index contributed by atoms with van der Waals surface area (Å²) in [6.07, 6.45) is 0. The lowest BCUT2D eigenvalue weighted by atomic mass is 9.95. The van der Waals surface area contributed by atoms with Crippen LogP contribution in [0.5, 0.6) is 11.5 Å². The van der Waals surface area contributed by atoms with Crippen LogP contribution in [0.3, 0.4) is 0 Å². The average Bonchev–Trinajstić information content (AvgIpc) is 3.59. The van der Waals surface area contributed by atoms with E-state index in [0.717, 1.165) is 5.56 Å². The molecule has 0 saturated carbocycles. The molecule has 10 heteroatoms. The van der Waals surface area contributed by atoms with Crippen molar-refractivity contribution in [3.8, 4) is 11.5 Å². The molecular weight excluding hydrogens is 590 g/mol. The molecule has 1 N–H and O–H groups in total. The van der Waals surface area contributed by atoms with Crippen molar-refractivity contribution >= 4 is 57.3 Å². The molecule has 2 heterocycles. The van der Waals surface area contributed by atoms with Gasteiger partial charge >= 0.3 is 5.91 Å². The van der Waals surface area contributed by atoms with Crippen LogP contribution in [0.2, 0.25) is 5.02 Å². The zero-order valence-corrected chi connectivity index (χ0v) is 24.3. The average molecular weight is 612 g/mol. The maximum absolute atomic E-state index is 13.6. The highest BCUT2D eigenvalue weighted by Crippen LogP contribution is 2.45. The summed E-state index contributed by atoms with van der Waals surface area (Å²) in [5.41, 5.74) is 1.90. The first-order chi connectivity index (χ1) is 20.5. The molecule has 1 saturated heterocycles. The van der Waals surface area contributed by atoms with E-state index in [9.17, 15) is 14.7 Å². The number of ketones is 1. The van der Waals surface area contributed by atoms with Gasteiger partial charge in [-0.1, -0.05) is 114 Å². The van der Waals surface area contributed by atoms with Gasteiger partial charge in [-0.25, -0.2) is 0 Å². The minimum absolute atomic E-state index is 0.0384. The third kappa shape index (κ3) is 5.67. The van der Waals surface area contributed by atoms with Gasteiger partial charge in [-0.15, -0.1) is 10.2 Å². The zero-order valence-electron chi connectivity index (χ0n) is 21.9. The number of benzene rings is 4. The van der Waals surface area contributed by atoms with Gasteiger partial charge in [0.05, 0.1) is 11.6 Å². The molecule has 0 radical (unpaired) electrons. The molecule has 1 aliphatic rings. The Morgan fingerprint density at radius 2 is 1.57 bits per heavy atom. The van der Waals surface area contributed by atoms with Crippen LogP contribution in [-0.2, 0) is 15.3 Å². The van der Waals surface area contributed by atoms with Crippen molar-refractivity contribution in [3.05, 3.63) is 136 Å². The molecule has 1 amide bonds. The Morgan fingerprint density at radius 3 is 2.33 bits per heavy atom. The molecule has 1 fully saturated rings. The fourth-order valence-corrected chi connectivity index (χ4v) is 6.74. The first-order valence-electron chi connectivity index (χ1n) is 12.9. The predicted octanol–water partition coefficient (Wildman–Crippen LogP) is 7.90. The van der Waals surface area contributed by atoms with Crippen molar-refractivity contribution in [2.75, 3.05) is 4.90 Å². The van der Waals surface area contributed by atoms with Gasteiger partial charge in [0.15, 0.2) is 4.34 Å². The second-order valence-electron chi connectivity index (χ2n) is 9.25. The van der Waals surface area contributed by atoms with E-state index >= 15 is 0 Å². The maximum atomic E-state index is 13.6. The fourth-order valence-electron chi connectivity index (χ4n) is 4.58. The monoisotopic (exact) mass is 611 g/mol. The lowest BCUT2D eigenvalue weighted by Crippen LogP contribution is -2.29. The standard InChI is InChI=1S/C32H22ClN3O4S2/c33-25-17-8-7-12-22(25)19-41-32-35-34-31(42-32)36-27(21-13-9-16-24(18-21)40-23-14-5-2-6-15-23)26(29(38)30(36)39)28(37)20-10-3-1-4-11-20/h1-18,27,37H,19H2/b28-26-. The number of halogens is 1. The number of nitrogens with zero attached hydrogens (tertiary/aromatic N) is 3. The number of aliphatic hydroxyl groups is 1. The number of hydrogen-bond donors (Lipinski definition) is 1. The Morgan fingerprint density at radius 1 is 0.881 bits per heavy atom. The first kappa shape index (κ1) is 27.7. The third-order valence-electron chi connectivity index (χ3n) is 6.56. The van der Waals surface area contributed by atoms with Crippen LogP contribution in [0.25, 0.3) is 5.76 Å². The minimum Gasteiger partial charge on any atom is -0.507 e. The number of anilines is 1. The van der Waals surface area contributed by atoms with Gasteiger partial charge in [0.2, 0.25) is 5.13 Å². The molecule has 0 aliphatic carbocycles. The van der Waals surface area contributed by atoms with E-state index in [2.05, 4.69) is 10.2 Å². The van der Waals surface area contributed by atoms with Gasteiger partial charge in [0.1, 0.15) is 17.3 Å². The molecule has 5 aromatic rings. The third-order valence-corrected chi connectivity index (χ3v) is 9.03. The van der Waals surface area contributed by atoms with Gasteiger partial charge in [0, 0.05) is 16.3 Å². The number of ether oxygens (including phenoxy) is 1. The van der Waals surface area contributed by atoms with E-state index in [4.69, 9.17) is 16.3 Å². The van der Waals surface area contributed by atoms with Gasteiger partial charge in [-0.2, -0.15) is 0 Å². The second kappa shape index (κ2) is 12.2. The van der Waals surface area contributed by atoms with E-state index in [0.29, 0.717) is 37.7 Å². The summed E-state index contributed by atoms with van der Waals surface area (Å²) in [5, 5.41) is 20.8. The summed E-state index contributed by atoms with van der Waals surface area (Å²) in [5.74, 6) is -0.172. The molecule has 1 unspecified atom stereocenters. The normalized spacial score (nSPS) is 16.1. The number of carbonyl (C=O) groups is 2. The Balaban J connectivity index is 1.39. The van der Waals surface area contributed by atoms with E-state index in [1.165, 1.54) is 28.0 Å². The van der Waals surface area contributed by atoms with Crippen molar-refractivity contribution in [1.82, 2.24) is 10.2 Å². The number of carbonyl (C=O) groups excluding carboxylic acids is 2. The van der Waals surface area contributed by atoms with Crippen molar-refractivity contribution in [3.63, 3.8) is 0 Å². The molecule has 1 aromatic heterocycles. The number of Topliss-reactive ketones (excluding diaryl/α,β-unsaturated/α-hetero) is 1. The molecule has 0 bridgehead atoms. The lowest BCUT2D eigenvalue weighted by Gasteiger charge is -2.23. The summed E-state index contributed by atoms with van der Waals surface area (Å²) in [4.78, 5) is 28.4. The van der Waals surface area contributed by atoms with Gasteiger partial charge < -0.3 is 9.84 Å². The summed E-state index contributed by atoms with van der Waals surface area (Å²) < 4.78 is 6.64. The Labute approximate surface area is 255 Å². The fraction of sp³-hybridized carbons (Fsp3) is 0.0625. The van der Waals surface area contributed by atoms with Crippen LogP contribution >= 0.6 is 34.7 Å². The summed E-state index contributed by atoms with van der Waals surface area (Å²) >= 11 is 8.93. The quantitative estimate of drug-likeness (QED) is 0.0627. The molecule has 42 heavy (non-hydrogen) atoms. The van der Waals surface area contributed by atoms with Crippen LogP contribution in [0.15, 0.2) is 119 Å². The minimum atomic E-state index is -0.959. The molecule has 4 aromatic carbocycles. The zero-order chi connectivity index (χ0) is 29.1. The molecule has 6 rings (SSSR count). The largest absolute Gasteiger partial charge is 0.507 e. The molecule has 7 nitrogen and oxygen atoms in total. The van der Waals surface area contributed by atoms with E-state index < -0.39 is 17.7 Å². The highest BCUT2D eigenvalue weighted by molar-refractivity contribution is 8.00. The van der Waals surface area contributed by atoms with Crippen molar-refractivity contribution in [1.29, 1.82) is 0 Å². The smallest absolute Gasteiger partial charge is 0.301 e.